The lowest BCUT2D eigenvalue weighted by molar-refractivity contribution is 0.0508. The molecule has 1 aromatic carbocycles. The first-order valence-electron chi connectivity index (χ1n) is 9.55. The van der Waals surface area contributed by atoms with Crippen LogP contribution in [0.4, 0.5) is 4.79 Å². The van der Waals surface area contributed by atoms with E-state index in [1.807, 2.05) is 52.0 Å². The van der Waals surface area contributed by atoms with Crippen LogP contribution in [0.3, 0.4) is 0 Å². The highest BCUT2D eigenvalue weighted by molar-refractivity contribution is 5.68. The van der Waals surface area contributed by atoms with Gasteiger partial charge in [0.15, 0.2) is 0 Å². The van der Waals surface area contributed by atoms with Gasteiger partial charge in [0.1, 0.15) is 11.4 Å². The third-order valence-corrected chi connectivity index (χ3v) is 3.83. The smallest absolute Gasteiger partial charge is 0.408 e. The molecule has 0 spiro atoms. The zero-order chi connectivity index (χ0) is 20.1. The van der Waals surface area contributed by atoms with Gasteiger partial charge < -0.3 is 14.8 Å². The number of alkyl carbamates (subject to hydrolysis) is 1. The molecule has 1 aromatic rings. The van der Waals surface area contributed by atoms with Crippen molar-refractivity contribution in [2.45, 2.75) is 71.4 Å². The maximum atomic E-state index is 11.9. The molecule has 0 aromatic heterocycles. The fourth-order valence-corrected chi connectivity index (χ4v) is 2.49. The van der Waals surface area contributed by atoms with Gasteiger partial charge in [-0.3, -0.25) is 0 Å². The van der Waals surface area contributed by atoms with Gasteiger partial charge in [-0.25, -0.2) is 4.79 Å². The number of carbonyl (C=O) groups excluding carboxylic acids is 1. The quantitative estimate of drug-likeness (QED) is 0.225. The lowest BCUT2D eigenvalue weighted by Gasteiger charge is -2.22. The predicted molar refractivity (Wildman–Crippen MR) is 107 cm³/mol. The number of hydrogen-bond donors (Lipinski definition) is 1. The molecule has 0 unspecified atom stereocenters. The Morgan fingerprint density at radius 3 is 2.63 bits per heavy atom. The standard InChI is InChI=1S/C20H32N4O3/c1-16(23-19(25)27-20(2,3)4)17-11-10-12-18(15-17)26-14-9-7-5-6-8-13-22-24-21/h10-12,15-16H,5-9,13-14H2,1-4H3,(H,23,25)/t16-/m1/s1. The third-order valence-electron chi connectivity index (χ3n) is 3.83. The van der Waals surface area contributed by atoms with E-state index in [0.29, 0.717) is 13.2 Å². The van der Waals surface area contributed by atoms with Gasteiger partial charge in [-0.1, -0.05) is 36.5 Å². The van der Waals surface area contributed by atoms with E-state index >= 15 is 0 Å². The maximum absolute atomic E-state index is 11.9. The summed E-state index contributed by atoms with van der Waals surface area (Å²) in [5.41, 5.74) is 8.66. The van der Waals surface area contributed by atoms with E-state index in [1.165, 1.54) is 0 Å². The van der Waals surface area contributed by atoms with Gasteiger partial charge >= 0.3 is 6.09 Å². The molecule has 1 atom stereocenters. The molecule has 0 radical (unpaired) electrons. The molecule has 0 saturated heterocycles. The van der Waals surface area contributed by atoms with Crippen molar-refractivity contribution < 1.29 is 14.3 Å². The fourth-order valence-electron chi connectivity index (χ4n) is 2.49. The van der Waals surface area contributed by atoms with Crippen molar-refractivity contribution in [1.29, 1.82) is 0 Å². The zero-order valence-electron chi connectivity index (χ0n) is 16.9. The Balaban J connectivity index is 2.32. The van der Waals surface area contributed by atoms with Crippen molar-refractivity contribution in [2.24, 2.45) is 5.11 Å². The molecule has 7 heteroatoms. The highest BCUT2D eigenvalue weighted by Gasteiger charge is 2.18. The number of ether oxygens (including phenoxy) is 2. The number of nitrogens with zero attached hydrogens (tertiary/aromatic N) is 3. The molecule has 0 bridgehead atoms. The molecule has 150 valence electrons. The van der Waals surface area contributed by atoms with Gasteiger partial charge in [-0.15, -0.1) is 0 Å². The lowest BCUT2D eigenvalue weighted by Crippen LogP contribution is -2.34. The zero-order valence-corrected chi connectivity index (χ0v) is 16.9. The summed E-state index contributed by atoms with van der Waals surface area (Å²) in [5.74, 6) is 0.800. The number of unbranched alkanes of at least 4 members (excludes halogenated alkanes) is 4. The van der Waals surface area contributed by atoms with E-state index < -0.39 is 11.7 Å². The minimum atomic E-state index is -0.516. The fraction of sp³-hybridized carbons (Fsp3) is 0.650. The average molecular weight is 377 g/mol. The van der Waals surface area contributed by atoms with Crippen LogP contribution >= 0.6 is 0 Å². The summed E-state index contributed by atoms with van der Waals surface area (Å²) in [6.07, 6.45) is 4.77. The molecule has 27 heavy (non-hydrogen) atoms. The summed E-state index contributed by atoms with van der Waals surface area (Å²) < 4.78 is 11.1. The van der Waals surface area contributed by atoms with Gasteiger partial charge in [0.25, 0.3) is 0 Å². The number of carbonyl (C=O) groups is 1. The van der Waals surface area contributed by atoms with Gasteiger partial charge in [0, 0.05) is 11.5 Å². The molecular formula is C20H32N4O3. The first kappa shape index (κ1) is 22.6. The summed E-state index contributed by atoms with van der Waals surface area (Å²) in [7, 11) is 0. The molecule has 0 aliphatic rings. The molecule has 0 aliphatic carbocycles. The van der Waals surface area contributed by atoms with Crippen molar-refractivity contribution in [3.05, 3.63) is 40.3 Å². The summed E-state index contributed by atoms with van der Waals surface area (Å²) in [5, 5.41) is 6.36. The van der Waals surface area contributed by atoms with Crippen LogP contribution in [0.1, 0.15) is 71.4 Å². The molecule has 0 heterocycles. The molecule has 1 amide bonds. The highest BCUT2D eigenvalue weighted by Crippen LogP contribution is 2.20. The van der Waals surface area contributed by atoms with Crippen molar-refractivity contribution in [2.75, 3.05) is 13.2 Å². The van der Waals surface area contributed by atoms with Gasteiger partial charge in [0.2, 0.25) is 0 Å². The van der Waals surface area contributed by atoms with E-state index in [-0.39, 0.29) is 6.04 Å². The first-order valence-corrected chi connectivity index (χ1v) is 9.55. The Labute approximate surface area is 162 Å². The second kappa shape index (κ2) is 12.1. The predicted octanol–water partition coefficient (Wildman–Crippen LogP) is 5.91. The minimum Gasteiger partial charge on any atom is -0.494 e. The summed E-state index contributed by atoms with van der Waals surface area (Å²) in [6.45, 7) is 8.67. The van der Waals surface area contributed by atoms with Crippen molar-refractivity contribution in [3.8, 4) is 5.75 Å². The first-order chi connectivity index (χ1) is 12.8. The lowest BCUT2D eigenvalue weighted by atomic mass is 10.1. The average Bonchev–Trinajstić information content (AvgIpc) is 2.59. The SMILES string of the molecule is C[C@@H](NC(=O)OC(C)(C)C)c1cccc(OCCCCCCCN=[N+]=[N-])c1. The molecule has 1 N–H and O–H groups in total. The van der Waals surface area contributed by atoms with Crippen molar-refractivity contribution in [1.82, 2.24) is 5.32 Å². The molecule has 0 aliphatic heterocycles. The van der Waals surface area contributed by atoms with Crippen LogP contribution in [0.5, 0.6) is 5.75 Å². The number of azide groups is 1. The highest BCUT2D eigenvalue weighted by atomic mass is 16.6. The monoisotopic (exact) mass is 376 g/mol. The Morgan fingerprint density at radius 2 is 1.93 bits per heavy atom. The van der Waals surface area contributed by atoms with E-state index in [9.17, 15) is 4.79 Å². The van der Waals surface area contributed by atoms with Crippen LogP contribution in [0, 0.1) is 0 Å². The normalized spacial score (nSPS) is 12.0. The van der Waals surface area contributed by atoms with E-state index in [2.05, 4.69) is 15.3 Å². The van der Waals surface area contributed by atoms with Crippen molar-refractivity contribution >= 4 is 6.09 Å². The maximum Gasteiger partial charge on any atom is 0.408 e. The largest absolute Gasteiger partial charge is 0.494 e. The number of nitrogens with one attached hydrogen (secondary N) is 1. The third kappa shape index (κ3) is 11.0. The summed E-state index contributed by atoms with van der Waals surface area (Å²) in [6, 6.07) is 7.58. The Hall–Kier alpha value is -2.40. The number of benzene rings is 1. The Kier molecular flexibility index (Phi) is 10.1. The molecule has 0 fully saturated rings. The van der Waals surface area contributed by atoms with Crippen LogP contribution in [0.2, 0.25) is 0 Å². The van der Waals surface area contributed by atoms with Gasteiger partial charge in [-0.05, 0) is 63.8 Å². The van der Waals surface area contributed by atoms with E-state index in [4.69, 9.17) is 15.0 Å². The Morgan fingerprint density at radius 1 is 1.22 bits per heavy atom. The second-order valence-electron chi connectivity index (χ2n) is 7.51. The van der Waals surface area contributed by atoms with Crippen LogP contribution in [0.25, 0.3) is 10.4 Å². The summed E-state index contributed by atoms with van der Waals surface area (Å²) in [4.78, 5) is 14.6. The number of rotatable bonds is 11. The Bertz CT molecular complexity index is 622. The summed E-state index contributed by atoms with van der Waals surface area (Å²) >= 11 is 0. The molecule has 7 nitrogen and oxygen atoms in total. The van der Waals surface area contributed by atoms with Gasteiger partial charge in [0.05, 0.1) is 12.6 Å². The van der Waals surface area contributed by atoms with Crippen LogP contribution in [-0.4, -0.2) is 24.8 Å². The molecule has 0 saturated carbocycles. The number of amides is 1. The van der Waals surface area contributed by atoms with Crippen molar-refractivity contribution in [3.63, 3.8) is 0 Å². The van der Waals surface area contributed by atoms with E-state index in [1.54, 1.807) is 0 Å². The molecular weight excluding hydrogens is 344 g/mol. The van der Waals surface area contributed by atoms with Crippen LogP contribution in [-0.2, 0) is 4.74 Å². The minimum absolute atomic E-state index is 0.167. The molecule has 1 rings (SSSR count). The topological polar surface area (TPSA) is 96.3 Å². The van der Waals surface area contributed by atoms with Crippen LogP contribution < -0.4 is 10.1 Å². The second-order valence-corrected chi connectivity index (χ2v) is 7.51. The van der Waals surface area contributed by atoms with Crippen LogP contribution in [0.15, 0.2) is 29.4 Å². The number of hydrogen-bond acceptors (Lipinski definition) is 4. The van der Waals surface area contributed by atoms with Gasteiger partial charge in [-0.2, -0.15) is 0 Å². The van der Waals surface area contributed by atoms with E-state index in [0.717, 1.165) is 43.4 Å².